The Hall–Kier alpha value is -1.14. The van der Waals surface area contributed by atoms with E-state index in [0.717, 1.165) is 19.4 Å². The fourth-order valence-electron chi connectivity index (χ4n) is 2.75. The van der Waals surface area contributed by atoms with E-state index in [9.17, 15) is 9.59 Å². The molecule has 2 amide bonds. The molecule has 2 saturated heterocycles. The van der Waals surface area contributed by atoms with Gasteiger partial charge in [0.05, 0.1) is 13.2 Å². The Morgan fingerprint density at radius 2 is 2.39 bits per heavy atom. The normalized spacial score (nSPS) is 26.5. The molecule has 2 rings (SSSR count). The molecule has 2 aliphatic heterocycles. The second-order valence-corrected chi connectivity index (χ2v) is 4.83. The van der Waals surface area contributed by atoms with Gasteiger partial charge in [0, 0.05) is 38.7 Å². The van der Waals surface area contributed by atoms with Crippen LogP contribution in [0.3, 0.4) is 0 Å². The van der Waals surface area contributed by atoms with Crippen LogP contribution in [0.25, 0.3) is 0 Å². The van der Waals surface area contributed by atoms with E-state index in [1.165, 1.54) is 0 Å². The van der Waals surface area contributed by atoms with E-state index in [1.807, 2.05) is 4.90 Å². The van der Waals surface area contributed by atoms with Crippen molar-refractivity contribution in [1.29, 1.82) is 0 Å². The number of nitrogens with one attached hydrogen (secondary N) is 2. The van der Waals surface area contributed by atoms with Gasteiger partial charge in [-0.05, 0) is 12.8 Å². The van der Waals surface area contributed by atoms with Gasteiger partial charge in [-0.3, -0.25) is 9.59 Å². The van der Waals surface area contributed by atoms with Crippen LogP contribution in [-0.2, 0) is 14.3 Å². The van der Waals surface area contributed by atoms with E-state index in [-0.39, 0.29) is 24.4 Å². The number of nitrogens with zero attached hydrogens (tertiary/aromatic N) is 1. The maximum atomic E-state index is 11.7. The van der Waals surface area contributed by atoms with Crippen molar-refractivity contribution in [3.05, 3.63) is 0 Å². The van der Waals surface area contributed by atoms with Gasteiger partial charge in [-0.1, -0.05) is 0 Å². The molecule has 0 bridgehead atoms. The summed E-state index contributed by atoms with van der Waals surface area (Å²) in [6.07, 6.45) is 2.65. The zero-order valence-electron chi connectivity index (χ0n) is 10.8. The fraction of sp³-hybridized carbons (Fsp3) is 0.833. The molecule has 0 saturated carbocycles. The van der Waals surface area contributed by atoms with Crippen LogP contribution in [0.4, 0.5) is 0 Å². The Labute approximate surface area is 107 Å². The van der Waals surface area contributed by atoms with Crippen molar-refractivity contribution >= 4 is 11.8 Å². The maximum absolute atomic E-state index is 11.7. The van der Waals surface area contributed by atoms with Crippen molar-refractivity contribution in [1.82, 2.24) is 15.5 Å². The first-order chi connectivity index (χ1) is 8.72. The summed E-state index contributed by atoms with van der Waals surface area (Å²) >= 11 is 0. The Morgan fingerprint density at radius 3 is 3.17 bits per heavy atom. The molecule has 0 aromatic heterocycles. The number of carbonyl (C=O) groups is 2. The first-order valence-electron chi connectivity index (χ1n) is 6.51. The lowest BCUT2D eigenvalue weighted by atomic mass is 10.1. The van der Waals surface area contributed by atoms with Gasteiger partial charge in [-0.25, -0.2) is 0 Å². The standard InChI is InChI=1S/C12H21N3O3/c1-18-6-4-13-11(16)8-14-9-7-12(17)15-5-2-3-10(9)15/h9-10,14H,2-8H2,1H3,(H,13,16). The average molecular weight is 255 g/mol. The predicted octanol–water partition coefficient (Wildman–Crippen LogP) is -0.898. The highest BCUT2D eigenvalue weighted by atomic mass is 16.5. The molecule has 0 spiro atoms. The molecule has 102 valence electrons. The molecule has 2 atom stereocenters. The summed E-state index contributed by atoms with van der Waals surface area (Å²) in [5, 5.41) is 5.95. The van der Waals surface area contributed by atoms with Gasteiger partial charge in [0.15, 0.2) is 0 Å². The minimum Gasteiger partial charge on any atom is -0.383 e. The molecule has 0 aliphatic carbocycles. The quantitative estimate of drug-likeness (QED) is 0.604. The van der Waals surface area contributed by atoms with E-state index in [0.29, 0.717) is 25.6 Å². The van der Waals surface area contributed by atoms with Crippen molar-refractivity contribution in [3.63, 3.8) is 0 Å². The van der Waals surface area contributed by atoms with Crippen LogP contribution in [0.2, 0.25) is 0 Å². The Kier molecular flexibility index (Phi) is 4.54. The molecule has 2 unspecified atom stereocenters. The average Bonchev–Trinajstić information content (AvgIpc) is 2.92. The van der Waals surface area contributed by atoms with Crippen LogP contribution in [0.5, 0.6) is 0 Å². The number of rotatable bonds is 6. The lowest BCUT2D eigenvalue weighted by molar-refractivity contribution is -0.128. The second-order valence-electron chi connectivity index (χ2n) is 4.83. The zero-order valence-corrected chi connectivity index (χ0v) is 10.8. The molecule has 6 heteroatoms. The van der Waals surface area contributed by atoms with Crippen LogP contribution in [-0.4, -0.2) is 62.1 Å². The van der Waals surface area contributed by atoms with Gasteiger partial charge in [-0.15, -0.1) is 0 Å². The summed E-state index contributed by atoms with van der Waals surface area (Å²) in [7, 11) is 1.60. The molecule has 0 aromatic carbocycles. The van der Waals surface area contributed by atoms with E-state index in [1.54, 1.807) is 7.11 Å². The van der Waals surface area contributed by atoms with Crippen LogP contribution >= 0.6 is 0 Å². The minimum atomic E-state index is -0.0454. The molecule has 2 N–H and O–H groups in total. The summed E-state index contributed by atoms with van der Waals surface area (Å²) < 4.78 is 4.85. The van der Waals surface area contributed by atoms with Gasteiger partial charge in [0.25, 0.3) is 0 Å². The largest absolute Gasteiger partial charge is 0.383 e. The van der Waals surface area contributed by atoms with Crippen molar-refractivity contribution in [3.8, 4) is 0 Å². The fourth-order valence-corrected chi connectivity index (χ4v) is 2.75. The first kappa shape index (κ1) is 13.3. The number of methoxy groups -OCH3 is 1. The monoisotopic (exact) mass is 255 g/mol. The highest BCUT2D eigenvalue weighted by molar-refractivity contribution is 5.81. The Bertz CT molecular complexity index is 322. The van der Waals surface area contributed by atoms with Crippen LogP contribution < -0.4 is 10.6 Å². The Balaban J connectivity index is 1.70. The Morgan fingerprint density at radius 1 is 1.56 bits per heavy atom. The van der Waals surface area contributed by atoms with Crippen molar-refractivity contribution in [2.45, 2.75) is 31.3 Å². The summed E-state index contributed by atoms with van der Waals surface area (Å²) in [5.74, 6) is 0.172. The molecular formula is C12H21N3O3. The van der Waals surface area contributed by atoms with Crippen molar-refractivity contribution in [2.75, 3.05) is 33.4 Å². The van der Waals surface area contributed by atoms with Crippen molar-refractivity contribution < 1.29 is 14.3 Å². The number of hydrogen-bond donors (Lipinski definition) is 2. The van der Waals surface area contributed by atoms with Gasteiger partial charge in [0.1, 0.15) is 0 Å². The highest BCUT2D eigenvalue weighted by Crippen LogP contribution is 2.28. The van der Waals surface area contributed by atoms with Crippen LogP contribution in [0.1, 0.15) is 19.3 Å². The molecule has 2 heterocycles. The number of fused-ring (bicyclic) bond motifs is 1. The van der Waals surface area contributed by atoms with Crippen molar-refractivity contribution in [2.24, 2.45) is 0 Å². The summed E-state index contributed by atoms with van der Waals surface area (Å²) in [6, 6.07) is 0.428. The summed E-state index contributed by atoms with van der Waals surface area (Å²) in [5.41, 5.74) is 0. The molecule has 6 nitrogen and oxygen atoms in total. The van der Waals surface area contributed by atoms with E-state index < -0.39 is 0 Å². The third-order valence-corrected chi connectivity index (χ3v) is 3.63. The zero-order chi connectivity index (χ0) is 13.0. The molecule has 2 fully saturated rings. The summed E-state index contributed by atoms with van der Waals surface area (Å²) in [4.78, 5) is 25.2. The maximum Gasteiger partial charge on any atom is 0.234 e. The van der Waals surface area contributed by atoms with Crippen LogP contribution in [0.15, 0.2) is 0 Å². The van der Waals surface area contributed by atoms with Gasteiger partial charge in [0.2, 0.25) is 11.8 Å². The van der Waals surface area contributed by atoms with Gasteiger partial charge < -0.3 is 20.3 Å². The molecule has 0 aromatic rings. The predicted molar refractivity (Wildman–Crippen MR) is 66.0 cm³/mol. The second kappa shape index (κ2) is 6.15. The third-order valence-electron chi connectivity index (χ3n) is 3.63. The van der Waals surface area contributed by atoms with Gasteiger partial charge in [-0.2, -0.15) is 0 Å². The molecule has 0 radical (unpaired) electrons. The lowest BCUT2D eigenvalue weighted by Crippen LogP contribution is -2.44. The first-order valence-corrected chi connectivity index (χ1v) is 6.51. The summed E-state index contributed by atoms with van der Waals surface area (Å²) in [6.45, 7) is 2.19. The number of hydrogen-bond acceptors (Lipinski definition) is 4. The minimum absolute atomic E-state index is 0.0454. The topological polar surface area (TPSA) is 70.7 Å². The number of amides is 2. The van der Waals surface area contributed by atoms with Crippen LogP contribution in [0, 0.1) is 0 Å². The van der Waals surface area contributed by atoms with E-state index in [2.05, 4.69) is 10.6 Å². The smallest absolute Gasteiger partial charge is 0.234 e. The third kappa shape index (κ3) is 3.00. The van der Waals surface area contributed by atoms with Gasteiger partial charge >= 0.3 is 0 Å². The molecular weight excluding hydrogens is 234 g/mol. The van der Waals surface area contributed by atoms with E-state index >= 15 is 0 Å². The highest BCUT2D eigenvalue weighted by Gasteiger charge is 2.41. The lowest BCUT2D eigenvalue weighted by Gasteiger charge is -2.20. The SMILES string of the molecule is COCCNC(=O)CNC1CC(=O)N2CCCC12. The number of ether oxygens (including phenoxy) is 1. The van der Waals surface area contributed by atoms with E-state index in [4.69, 9.17) is 4.74 Å². The molecule has 2 aliphatic rings. The molecule has 18 heavy (non-hydrogen) atoms. The number of carbonyl (C=O) groups excluding carboxylic acids is 2.